The van der Waals surface area contributed by atoms with Crippen LogP contribution in [0, 0.1) is 0 Å². The molecule has 0 bridgehead atoms. The number of nitrogens with two attached hydrogens (primary N) is 1. The number of benzene rings is 2. The fourth-order valence-corrected chi connectivity index (χ4v) is 3.56. The maximum absolute atomic E-state index is 12.6. The third-order valence-electron chi connectivity index (χ3n) is 4.66. The Bertz CT molecular complexity index is 1110. The number of anilines is 1. The smallest absolute Gasteiger partial charge is 0.294 e. The van der Waals surface area contributed by atoms with Gasteiger partial charge in [0.2, 0.25) is 11.1 Å². The number of amides is 1. The van der Waals surface area contributed by atoms with E-state index in [1.807, 2.05) is 30.3 Å². The highest BCUT2D eigenvalue weighted by atomic mass is 32.2. The molecule has 1 amide bonds. The van der Waals surface area contributed by atoms with Crippen molar-refractivity contribution in [3.63, 3.8) is 0 Å². The number of nitrogen functional groups attached to an aromatic ring is 1. The lowest BCUT2D eigenvalue weighted by molar-refractivity contribution is -0.113. The fourth-order valence-electron chi connectivity index (χ4n) is 2.91. The summed E-state index contributed by atoms with van der Waals surface area (Å²) in [5.41, 5.74) is 2.56. The van der Waals surface area contributed by atoms with Crippen LogP contribution in [0.15, 0.2) is 58.5 Å². The molecule has 0 atom stereocenters. The van der Waals surface area contributed by atoms with Gasteiger partial charge in [0, 0.05) is 6.42 Å². The van der Waals surface area contributed by atoms with E-state index >= 15 is 0 Å². The lowest BCUT2D eigenvalue weighted by Gasteiger charge is -2.10. The first-order valence-electron chi connectivity index (χ1n) is 9.77. The SMILES string of the molecule is COc1ccccc1NC(=O)CSc1nnc(Cc2ccc(C(C)C)cc2)c(=O)n1N. The number of rotatable bonds is 8. The highest BCUT2D eigenvalue weighted by Gasteiger charge is 2.14. The predicted molar refractivity (Wildman–Crippen MR) is 122 cm³/mol. The molecule has 0 saturated heterocycles. The van der Waals surface area contributed by atoms with E-state index in [2.05, 4.69) is 29.4 Å². The number of ether oxygens (including phenoxy) is 1. The van der Waals surface area contributed by atoms with Crippen LogP contribution in [0.1, 0.15) is 36.6 Å². The van der Waals surface area contributed by atoms with Crippen LogP contribution in [0.4, 0.5) is 5.69 Å². The largest absolute Gasteiger partial charge is 0.495 e. The van der Waals surface area contributed by atoms with E-state index in [1.54, 1.807) is 18.2 Å². The van der Waals surface area contributed by atoms with Gasteiger partial charge in [0.15, 0.2) is 0 Å². The van der Waals surface area contributed by atoms with Crippen LogP contribution >= 0.6 is 11.8 Å². The maximum Gasteiger partial charge on any atom is 0.294 e. The number of hydrogen-bond acceptors (Lipinski definition) is 7. The van der Waals surface area contributed by atoms with Crippen molar-refractivity contribution < 1.29 is 9.53 Å². The molecular formula is C22H25N5O3S. The van der Waals surface area contributed by atoms with Crippen molar-refractivity contribution in [3.8, 4) is 5.75 Å². The van der Waals surface area contributed by atoms with Crippen molar-refractivity contribution in [2.45, 2.75) is 31.3 Å². The van der Waals surface area contributed by atoms with Crippen LogP contribution in [0.2, 0.25) is 0 Å². The molecule has 3 rings (SSSR count). The highest BCUT2D eigenvalue weighted by Crippen LogP contribution is 2.23. The number of aromatic nitrogens is 3. The summed E-state index contributed by atoms with van der Waals surface area (Å²) in [4.78, 5) is 24.9. The molecule has 0 fully saturated rings. The molecule has 0 saturated carbocycles. The number of thioether (sulfide) groups is 1. The second-order valence-corrected chi connectivity index (χ2v) is 8.16. The molecule has 31 heavy (non-hydrogen) atoms. The van der Waals surface area contributed by atoms with E-state index < -0.39 is 5.56 Å². The summed E-state index contributed by atoms with van der Waals surface area (Å²) < 4.78 is 6.15. The molecule has 1 aromatic heterocycles. The molecule has 0 aliphatic heterocycles. The van der Waals surface area contributed by atoms with E-state index in [0.29, 0.717) is 23.8 Å². The van der Waals surface area contributed by atoms with Crippen LogP contribution in [-0.2, 0) is 11.2 Å². The average molecular weight is 440 g/mol. The van der Waals surface area contributed by atoms with Crippen molar-refractivity contribution >= 4 is 23.4 Å². The molecule has 3 N–H and O–H groups in total. The second kappa shape index (κ2) is 10.1. The van der Waals surface area contributed by atoms with Crippen LogP contribution < -0.4 is 21.5 Å². The number of para-hydroxylation sites is 2. The monoisotopic (exact) mass is 439 g/mol. The zero-order valence-corrected chi connectivity index (χ0v) is 18.5. The van der Waals surface area contributed by atoms with E-state index in [0.717, 1.165) is 22.0 Å². The van der Waals surface area contributed by atoms with Gasteiger partial charge in [0.05, 0.1) is 18.6 Å². The molecule has 0 radical (unpaired) electrons. The van der Waals surface area contributed by atoms with Crippen LogP contribution in [0.5, 0.6) is 5.75 Å². The number of hydrogen-bond donors (Lipinski definition) is 2. The van der Waals surface area contributed by atoms with Gasteiger partial charge < -0.3 is 15.9 Å². The number of carbonyl (C=O) groups excluding carboxylic acids is 1. The van der Waals surface area contributed by atoms with Gasteiger partial charge in [-0.3, -0.25) is 9.59 Å². The molecule has 8 nitrogen and oxygen atoms in total. The fraction of sp³-hybridized carbons (Fsp3) is 0.273. The van der Waals surface area contributed by atoms with E-state index in [-0.39, 0.29) is 22.5 Å². The lowest BCUT2D eigenvalue weighted by atomic mass is 10.0. The minimum Gasteiger partial charge on any atom is -0.495 e. The molecule has 0 aliphatic carbocycles. The highest BCUT2D eigenvalue weighted by molar-refractivity contribution is 7.99. The zero-order chi connectivity index (χ0) is 22.4. The van der Waals surface area contributed by atoms with Crippen molar-refractivity contribution in [1.29, 1.82) is 0 Å². The van der Waals surface area contributed by atoms with Gasteiger partial charge >= 0.3 is 0 Å². The Kier molecular flexibility index (Phi) is 7.30. The van der Waals surface area contributed by atoms with Gasteiger partial charge in [0.1, 0.15) is 11.4 Å². The number of nitrogens with zero attached hydrogens (tertiary/aromatic N) is 3. The first-order chi connectivity index (χ1) is 14.9. The Morgan fingerprint density at radius 3 is 2.55 bits per heavy atom. The summed E-state index contributed by atoms with van der Waals surface area (Å²) in [5, 5.41) is 11.0. The molecule has 9 heteroatoms. The molecule has 0 unspecified atom stereocenters. The van der Waals surface area contributed by atoms with Gasteiger partial charge in [-0.2, -0.15) is 4.68 Å². The molecule has 2 aromatic carbocycles. The van der Waals surface area contributed by atoms with E-state index in [1.165, 1.54) is 12.7 Å². The standard InChI is InChI=1S/C22H25N5O3S/c1-14(2)16-10-8-15(9-11-16)12-18-21(29)27(23)22(26-25-18)31-13-20(28)24-17-6-4-5-7-19(17)30-3/h4-11,14H,12-13,23H2,1-3H3,(H,24,28). The van der Waals surface area contributed by atoms with Crippen molar-refractivity contribution in [2.75, 3.05) is 24.0 Å². The average Bonchev–Trinajstić information content (AvgIpc) is 2.77. The Hall–Kier alpha value is -3.33. The first-order valence-corrected chi connectivity index (χ1v) is 10.8. The van der Waals surface area contributed by atoms with Gasteiger partial charge in [-0.1, -0.05) is 62.0 Å². The topological polar surface area (TPSA) is 112 Å². The Labute approximate surface area is 184 Å². The molecule has 162 valence electrons. The minimum absolute atomic E-state index is 0.0133. The summed E-state index contributed by atoms with van der Waals surface area (Å²) in [7, 11) is 1.53. The third kappa shape index (κ3) is 5.64. The van der Waals surface area contributed by atoms with Gasteiger partial charge in [-0.15, -0.1) is 10.2 Å². The lowest BCUT2D eigenvalue weighted by Crippen LogP contribution is -2.34. The van der Waals surface area contributed by atoms with Gasteiger partial charge in [-0.05, 0) is 29.2 Å². The Morgan fingerprint density at radius 2 is 1.87 bits per heavy atom. The van der Waals surface area contributed by atoms with Crippen molar-refractivity contribution in [2.24, 2.45) is 0 Å². The van der Waals surface area contributed by atoms with Gasteiger partial charge in [0.25, 0.3) is 5.56 Å². The molecule has 0 aliphatic rings. The summed E-state index contributed by atoms with van der Waals surface area (Å²) in [6.07, 6.45) is 0.334. The molecule has 0 spiro atoms. The minimum atomic E-state index is -0.435. The number of nitrogens with one attached hydrogen (secondary N) is 1. The molecule has 3 aromatic rings. The Balaban J connectivity index is 1.65. The van der Waals surface area contributed by atoms with E-state index in [4.69, 9.17) is 10.6 Å². The second-order valence-electron chi connectivity index (χ2n) is 7.21. The number of methoxy groups -OCH3 is 1. The van der Waals surface area contributed by atoms with Crippen molar-refractivity contribution in [1.82, 2.24) is 14.9 Å². The first kappa shape index (κ1) is 22.4. The summed E-state index contributed by atoms with van der Waals surface area (Å²) in [6, 6.07) is 15.1. The maximum atomic E-state index is 12.6. The van der Waals surface area contributed by atoms with Gasteiger partial charge in [-0.25, -0.2) is 0 Å². The summed E-state index contributed by atoms with van der Waals surface area (Å²) in [5.74, 6) is 6.64. The normalized spacial score (nSPS) is 10.8. The molecule has 1 heterocycles. The van der Waals surface area contributed by atoms with Crippen LogP contribution in [-0.4, -0.2) is 33.6 Å². The molecular weight excluding hydrogens is 414 g/mol. The number of carbonyl (C=O) groups is 1. The Morgan fingerprint density at radius 1 is 1.16 bits per heavy atom. The zero-order valence-electron chi connectivity index (χ0n) is 17.7. The van der Waals surface area contributed by atoms with Crippen LogP contribution in [0.25, 0.3) is 0 Å². The predicted octanol–water partition coefficient (Wildman–Crippen LogP) is 2.81. The third-order valence-corrected chi connectivity index (χ3v) is 5.60. The van der Waals surface area contributed by atoms with Crippen LogP contribution in [0.3, 0.4) is 0 Å². The van der Waals surface area contributed by atoms with E-state index in [9.17, 15) is 9.59 Å². The quantitative estimate of drug-likeness (QED) is 0.410. The summed E-state index contributed by atoms with van der Waals surface area (Å²) >= 11 is 1.03. The van der Waals surface area contributed by atoms with Crippen molar-refractivity contribution in [3.05, 3.63) is 75.7 Å². The summed E-state index contributed by atoms with van der Waals surface area (Å²) in [6.45, 7) is 4.25.